The van der Waals surface area contributed by atoms with E-state index in [-0.39, 0.29) is 30.2 Å². The number of rotatable bonds is 7. The fourth-order valence-corrected chi connectivity index (χ4v) is 2.34. The van der Waals surface area contributed by atoms with Gasteiger partial charge in [-0.15, -0.1) is 0 Å². The molecule has 5 nitrogen and oxygen atoms in total. The molecule has 0 aromatic heterocycles. The summed E-state index contributed by atoms with van der Waals surface area (Å²) in [6.07, 6.45) is 0.214. The van der Waals surface area contributed by atoms with E-state index in [1.807, 2.05) is 20.8 Å². The SMILES string of the molecule is CCOC(=O)[C@@H](C)CCS(=O)(=O)OCC(C)(C)C. The van der Waals surface area contributed by atoms with Crippen molar-refractivity contribution in [2.75, 3.05) is 19.0 Å². The van der Waals surface area contributed by atoms with Crippen LogP contribution in [0.5, 0.6) is 0 Å². The molecule has 0 radical (unpaired) electrons. The van der Waals surface area contributed by atoms with Crippen molar-refractivity contribution in [1.82, 2.24) is 0 Å². The zero-order chi connectivity index (χ0) is 14.4. The van der Waals surface area contributed by atoms with Gasteiger partial charge in [-0.3, -0.25) is 8.98 Å². The van der Waals surface area contributed by atoms with Gasteiger partial charge < -0.3 is 4.74 Å². The lowest BCUT2D eigenvalue weighted by Crippen LogP contribution is -2.23. The summed E-state index contributed by atoms with van der Waals surface area (Å²) in [6.45, 7) is 9.49. The molecule has 0 saturated heterocycles. The number of hydrogen-bond acceptors (Lipinski definition) is 5. The van der Waals surface area contributed by atoms with Crippen molar-refractivity contribution in [3.05, 3.63) is 0 Å². The molecule has 0 N–H and O–H groups in total. The third-order valence-corrected chi connectivity index (χ3v) is 3.37. The van der Waals surface area contributed by atoms with Gasteiger partial charge in [0.1, 0.15) is 0 Å². The first-order chi connectivity index (χ1) is 8.07. The van der Waals surface area contributed by atoms with Crippen LogP contribution in [-0.2, 0) is 23.8 Å². The summed E-state index contributed by atoms with van der Waals surface area (Å²) < 4.78 is 32.9. The second kappa shape index (κ2) is 7.09. The van der Waals surface area contributed by atoms with E-state index in [0.717, 1.165) is 0 Å². The maximum atomic E-state index is 11.6. The monoisotopic (exact) mass is 280 g/mol. The lowest BCUT2D eigenvalue weighted by atomic mass is 9.99. The van der Waals surface area contributed by atoms with Crippen molar-refractivity contribution in [2.24, 2.45) is 11.3 Å². The molecule has 108 valence electrons. The maximum Gasteiger partial charge on any atom is 0.308 e. The van der Waals surface area contributed by atoms with E-state index in [0.29, 0.717) is 6.61 Å². The first kappa shape index (κ1) is 17.4. The van der Waals surface area contributed by atoms with Gasteiger partial charge in [0, 0.05) is 0 Å². The van der Waals surface area contributed by atoms with Crippen molar-refractivity contribution in [3.8, 4) is 0 Å². The second-order valence-electron chi connectivity index (χ2n) is 5.53. The maximum absolute atomic E-state index is 11.6. The van der Waals surface area contributed by atoms with E-state index in [4.69, 9.17) is 8.92 Å². The Morgan fingerprint density at radius 2 is 1.83 bits per heavy atom. The van der Waals surface area contributed by atoms with E-state index in [1.54, 1.807) is 13.8 Å². The molecule has 0 aliphatic heterocycles. The standard InChI is InChI=1S/C12H24O5S/c1-6-16-11(13)10(2)7-8-18(14,15)17-9-12(3,4)5/h10H,6-9H2,1-5H3/t10-/m0/s1. The van der Waals surface area contributed by atoms with Crippen LogP contribution >= 0.6 is 0 Å². The molecule has 0 rings (SSSR count). The van der Waals surface area contributed by atoms with Crippen molar-refractivity contribution in [1.29, 1.82) is 0 Å². The van der Waals surface area contributed by atoms with E-state index in [1.165, 1.54) is 0 Å². The van der Waals surface area contributed by atoms with Crippen LogP contribution in [0.2, 0.25) is 0 Å². The molecule has 0 aliphatic rings. The van der Waals surface area contributed by atoms with Gasteiger partial charge in [-0.05, 0) is 18.8 Å². The largest absolute Gasteiger partial charge is 0.466 e. The summed E-state index contributed by atoms with van der Waals surface area (Å²) in [5.41, 5.74) is -0.209. The molecule has 0 aromatic rings. The average molecular weight is 280 g/mol. The van der Waals surface area contributed by atoms with Gasteiger partial charge in [-0.2, -0.15) is 8.42 Å². The minimum Gasteiger partial charge on any atom is -0.466 e. The van der Waals surface area contributed by atoms with Crippen LogP contribution in [0.1, 0.15) is 41.0 Å². The molecular weight excluding hydrogens is 256 g/mol. The number of esters is 1. The molecule has 0 bridgehead atoms. The Hall–Kier alpha value is -0.620. The third-order valence-electron chi connectivity index (χ3n) is 2.16. The predicted octanol–water partition coefficient (Wildman–Crippen LogP) is 1.97. The van der Waals surface area contributed by atoms with Crippen LogP contribution in [0, 0.1) is 11.3 Å². The van der Waals surface area contributed by atoms with Crippen LogP contribution in [0.3, 0.4) is 0 Å². The van der Waals surface area contributed by atoms with Crippen molar-refractivity contribution in [2.45, 2.75) is 41.0 Å². The molecule has 0 saturated carbocycles. The zero-order valence-electron chi connectivity index (χ0n) is 11.9. The summed E-state index contributed by atoms with van der Waals surface area (Å²) in [6, 6.07) is 0. The number of ether oxygens (including phenoxy) is 1. The summed E-state index contributed by atoms with van der Waals surface area (Å²) in [4.78, 5) is 11.3. The molecule has 1 atom stereocenters. The highest BCUT2D eigenvalue weighted by Gasteiger charge is 2.21. The van der Waals surface area contributed by atoms with Gasteiger partial charge in [-0.25, -0.2) is 0 Å². The number of carbonyl (C=O) groups excluding carboxylic acids is 1. The van der Waals surface area contributed by atoms with Crippen molar-refractivity contribution in [3.63, 3.8) is 0 Å². The first-order valence-corrected chi connectivity index (χ1v) is 7.69. The Kier molecular flexibility index (Phi) is 6.84. The van der Waals surface area contributed by atoms with Gasteiger partial charge in [0.15, 0.2) is 0 Å². The lowest BCUT2D eigenvalue weighted by Gasteiger charge is -2.18. The summed E-state index contributed by atoms with van der Waals surface area (Å²) in [5, 5.41) is 0. The highest BCUT2D eigenvalue weighted by molar-refractivity contribution is 7.86. The highest BCUT2D eigenvalue weighted by atomic mass is 32.2. The summed E-state index contributed by atoms with van der Waals surface area (Å²) in [5.74, 6) is -0.968. The zero-order valence-corrected chi connectivity index (χ0v) is 12.7. The van der Waals surface area contributed by atoms with Crippen LogP contribution < -0.4 is 0 Å². The van der Waals surface area contributed by atoms with Crippen molar-refractivity contribution >= 4 is 16.1 Å². The summed E-state index contributed by atoms with van der Waals surface area (Å²) >= 11 is 0. The third kappa shape index (κ3) is 8.47. The number of hydrogen-bond donors (Lipinski definition) is 0. The Labute approximate surface area is 110 Å². The second-order valence-corrected chi connectivity index (χ2v) is 7.29. The van der Waals surface area contributed by atoms with E-state index in [2.05, 4.69) is 0 Å². The Morgan fingerprint density at radius 1 is 1.28 bits per heavy atom. The van der Waals surface area contributed by atoms with Gasteiger partial charge in [0.05, 0.1) is 24.9 Å². The van der Waals surface area contributed by atoms with Crippen LogP contribution in [-0.4, -0.2) is 33.4 Å². The van der Waals surface area contributed by atoms with E-state index < -0.39 is 16.0 Å². The van der Waals surface area contributed by atoms with Crippen molar-refractivity contribution < 1.29 is 22.1 Å². The normalized spacial score (nSPS) is 14.3. The van der Waals surface area contributed by atoms with Crippen LogP contribution in [0.4, 0.5) is 0 Å². The molecule has 0 aromatic carbocycles. The Bertz CT molecular complexity index is 353. The molecule has 18 heavy (non-hydrogen) atoms. The first-order valence-electron chi connectivity index (χ1n) is 6.11. The number of carbonyl (C=O) groups is 1. The molecule has 6 heteroatoms. The fraction of sp³-hybridized carbons (Fsp3) is 0.917. The molecule has 0 aliphatic carbocycles. The minimum atomic E-state index is -3.57. The van der Waals surface area contributed by atoms with Gasteiger partial charge >= 0.3 is 5.97 Å². The molecular formula is C12H24O5S. The Balaban J connectivity index is 4.15. The molecule has 0 spiro atoms. The van der Waals surface area contributed by atoms with E-state index in [9.17, 15) is 13.2 Å². The van der Waals surface area contributed by atoms with Gasteiger partial charge in [-0.1, -0.05) is 27.7 Å². The molecule has 0 amide bonds. The smallest absolute Gasteiger partial charge is 0.308 e. The molecule has 0 unspecified atom stereocenters. The quantitative estimate of drug-likeness (QED) is 0.527. The minimum absolute atomic E-state index is 0.142. The highest BCUT2D eigenvalue weighted by Crippen LogP contribution is 2.16. The average Bonchev–Trinajstić information content (AvgIpc) is 2.23. The van der Waals surface area contributed by atoms with Crippen LogP contribution in [0.15, 0.2) is 0 Å². The lowest BCUT2D eigenvalue weighted by molar-refractivity contribution is -0.147. The van der Waals surface area contributed by atoms with E-state index >= 15 is 0 Å². The summed E-state index contributed by atoms with van der Waals surface area (Å²) in [7, 11) is -3.57. The van der Waals surface area contributed by atoms with Crippen LogP contribution in [0.25, 0.3) is 0 Å². The van der Waals surface area contributed by atoms with Gasteiger partial charge in [0.2, 0.25) is 0 Å². The topological polar surface area (TPSA) is 69.7 Å². The fourth-order valence-electron chi connectivity index (χ4n) is 1.05. The predicted molar refractivity (Wildman–Crippen MR) is 69.6 cm³/mol. The van der Waals surface area contributed by atoms with Gasteiger partial charge in [0.25, 0.3) is 10.1 Å². The molecule has 0 heterocycles. The Morgan fingerprint density at radius 3 is 2.28 bits per heavy atom. The molecule has 0 fully saturated rings.